The number of phosphoric acid groups is 2. The Hall–Kier alpha value is -5.07. The number of aliphatic hydroxyl groups is 3. The first-order valence-electron chi connectivity index (χ1n) is 22.3. The van der Waals surface area contributed by atoms with E-state index in [0.717, 1.165) is 24.3 Å². The fraction of sp³-hybridized carbons (Fsp3) is 0.571. The fourth-order valence-corrected chi connectivity index (χ4v) is 15.0. The Morgan fingerprint density at radius 1 is 0.684 bits per heavy atom. The predicted octanol–water partition coefficient (Wildman–Crippen LogP) is -2.93. The number of nitrogens with two attached hydrogens (primary N) is 3. The number of aliphatic hydroxyl groups excluding tert-OH is 3. The predicted molar refractivity (Wildman–Crippen MR) is 251 cm³/mol. The number of fused-ring (bicyclic) bond motifs is 3. The van der Waals surface area contributed by atoms with Crippen molar-refractivity contribution in [1.82, 2.24) is 53.6 Å². The topological polar surface area (TPSA) is 533 Å². The zero-order valence-electron chi connectivity index (χ0n) is 39.5. The Labute approximate surface area is 423 Å². The Kier molecular flexibility index (Phi) is 15.3. The summed E-state index contributed by atoms with van der Waals surface area (Å²) in [6.45, 7) is -1.23. The third-order valence-electron chi connectivity index (χ3n) is 12.4. The summed E-state index contributed by atoms with van der Waals surface area (Å²) < 4.78 is 107. The minimum absolute atomic E-state index is 0.0371. The molecule has 37 nitrogen and oxygen atoms in total. The maximum atomic E-state index is 13.7. The van der Waals surface area contributed by atoms with Gasteiger partial charge in [-0.2, -0.15) is 14.5 Å². The number of rotatable bonds is 20. The number of nitrogens with zero attached hydrogens (tertiary/aromatic N) is 10. The van der Waals surface area contributed by atoms with E-state index in [2.05, 4.69) is 44.2 Å². The average Bonchev–Trinajstić information content (AvgIpc) is 4.20. The number of nitrogen functional groups attached to an aromatic ring is 3. The Bertz CT molecular complexity index is 3490. The highest BCUT2D eigenvalue weighted by atomic mass is 31.3. The van der Waals surface area contributed by atoms with Gasteiger partial charge in [0, 0.05) is 13.0 Å². The molecule has 0 amide bonds. The van der Waals surface area contributed by atoms with Crippen LogP contribution in [0, 0.1) is 5.92 Å². The van der Waals surface area contributed by atoms with Crippen LogP contribution in [0.1, 0.15) is 32.0 Å². The zero-order valence-corrected chi connectivity index (χ0v) is 43.1. The summed E-state index contributed by atoms with van der Waals surface area (Å²) in [4.78, 5) is 97.0. The second-order valence-electron chi connectivity index (χ2n) is 17.4. The van der Waals surface area contributed by atoms with Crippen LogP contribution in [0.2, 0.25) is 0 Å². The summed E-state index contributed by atoms with van der Waals surface area (Å²) in [6.07, 6.45) is -11.9. The maximum Gasteiger partial charge on any atom is 0.479 e. The highest BCUT2D eigenvalue weighted by Gasteiger charge is 2.54. The Morgan fingerprint density at radius 3 is 1.97 bits per heavy atom. The van der Waals surface area contributed by atoms with Crippen molar-refractivity contribution in [3.05, 3.63) is 46.0 Å². The van der Waals surface area contributed by atoms with Crippen LogP contribution >= 0.6 is 30.8 Å². The number of hydrogen-bond acceptors (Lipinski definition) is 27. The molecule has 0 bridgehead atoms. The second kappa shape index (κ2) is 21.0. The average molecular weight is 1160 g/mol. The molecule has 15 N–H and O–H groups in total. The van der Waals surface area contributed by atoms with E-state index in [1.54, 1.807) is 6.92 Å². The van der Waals surface area contributed by atoms with E-state index >= 15 is 0 Å². The van der Waals surface area contributed by atoms with E-state index in [1.807, 2.05) is 0 Å². The number of aromatic nitrogens is 12. The SMILES string of the molecule is CC[C@H]1[C@@H](O)[C@H](n2c[n+](C)c3c(=O)[nH]c(N)nc32)O[C@@H]1COP(=O)(O)CP(=O)(O)OP(=O)(O)OC[C@H]1O[C@@H](n2cnc3c(N)ncnc32)[C@H](OC)[C@@H]1OP(=O)(O)OC[C@H]1O[C@@H](n2cnc3c(=O)[nH]c(N)nc32)[C@H](O)[C@@H]1O. The van der Waals surface area contributed by atoms with Crippen LogP contribution in [0.25, 0.3) is 33.5 Å². The van der Waals surface area contributed by atoms with Gasteiger partial charge in [-0.1, -0.05) is 6.92 Å². The summed E-state index contributed by atoms with van der Waals surface area (Å²) in [5, 5.41) is 33.0. The highest BCUT2D eigenvalue weighted by Crippen LogP contribution is 2.66. The van der Waals surface area contributed by atoms with Crippen molar-refractivity contribution < 1.29 is 99.1 Å². The molecule has 0 aromatic carbocycles. The largest absolute Gasteiger partial charge is 0.479 e. The number of aryl methyl sites for hydroxylation is 1. The molecule has 6 aromatic rings. The van der Waals surface area contributed by atoms with E-state index in [9.17, 15) is 62.7 Å². The molecule has 3 aliphatic rings. The molecule has 0 radical (unpaired) electrons. The number of hydrogen-bond donors (Lipinski definition) is 12. The fourth-order valence-electron chi connectivity index (χ4n) is 9.06. The first-order valence-corrected chi connectivity index (χ1v) is 28.8. The molecule has 0 spiro atoms. The van der Waals surface area contributed by atoms with E-state index < -0.39 is 141 Å². The molecule has 3 aliphatic heterocycles. The number of ether oxygens (including phenoxy) is 4. The molecule has 0 aliphatic carbocycles. The quantitative estimate of drug-likeness (QED) is 0.0269. The number of nitrogens with one attached hydrogen (secondary N) is 2. The van der Waals surface area contributed by atoms with Gasteiger partial charge in [0.1, 0.15) is 54.6 Å². The molecular weight excluding hydrogens is 1110 g/mol. The minimum atomic E-state index is -5.81. The molecule has 416 valence electrons. The van der Waals surface area contributed by atoms with Crippen molar-refractivity contribution in [3.63, 3.8) is 0 Å². The summed E-state index contributed by atoms with van der Waals surface area (Å²) >= 11 is 0. The summed E-state index contributed by atoms with van der Waals surface area (Å²) in [6, 6.07) is 0. The summed E-state index contributed by atoms with van der Waals surface area (Å²) in [7, 11) is -19.5. The van der Waals surface area contributed by atoms with Crippen LogP contribution in [0.3, 0.4) is 0 Å². The van der Waals surface area contributed by atoms with Crippen LogP contribution in [0.15, 0.2) is 34.9 Å². The van der Waals surface area contributed by atoms with Crippen LogP contribution in [0.4, 0.5) is 17.7 Å². The van der Waals surface area contributed by atoms with Crippen LogP contribution in [0.5, 0.6) is 0 Å². The molecule has 3 saturated heterocycles. The molecule has 76 heavy (non-hydrogen) atoms. The molecule has 0 saturated carbocycles. The Balaban J connectivity index is 0.866. The highest BCUT2D eigenvalue weighted by molar-refractivity contribution is 7.74. The molecule has 6 aromatic heterocycles. The molecule has 4 unspecified atom stereocenters. The third kappa shape index (κ3) is 11.0. The van der Waals surface area contributed by atoms with E-state index in [0.29, 0.717) is 0 Å². The minimum Gasteiger partial charge on any atom is -0.387 e. The zero-order chi connectivity index (χ0) is 55.0. The molecule has 3 fully saturated rings. The summed E-state index contributed by atoms with van der Waals surface area (Å²) in [5.41, 5.74) is 16.0. The third-order valence-corrected chi connectivity index (χ3v) is 19.1. The lowest BCUT2D eigenvalue weighted by atomic mass is 9.95. The number of imidazole rings is 3. The Morgan fingerprint density at radius 2 is 1.28 bits per heavy atom. The first-order chi connectivity index (χ1) is 35.7. The van der Waals surface area contributed by atoms with Crippen molar-refractivity contribution in [1.29, 1.82) is 0 Å². The number of aromatic amines is 2. The number of H-pyrrole nitrogens is 2. The van der Waals surface area contributed by atoms with Crippen molar-refractivity contribution >= 4 is 82.0 Å². The van der Waals surface area contributed by atoms with Gasteiger partial charge in [0.2, 0.25) is 24.5 Å². The van der Waals surface area contributed by atoms with E-state index in [4.69, 9.17) is 54.2 Å². The van der Waals surface area contributed by atoms with Crippen molar-refractivity contribution in [3.8, 4) is 0 Å². The van der Waals surface area contributed by atoms with Gasteiger partial charge in [0.05, 0.1) is 45.6 Å². The lowest BCUT2D eigenvalue weighted by Gasteiger charge is -2.26. The van der Waals surface area contributed by atoms with Crippen molar-refractivity contribution in [2.75, 3.05) is 50.0 Å². The molecule has 9 heterocycles. The van der Waals surface area contributed by atoms with Gasteiger partial charge in [-0.15, -0.1) is 0 Å². The normalized spacial score (nSPS) is 30.2. The maximum absolute atomic E-state index is 13.7. The van der Waals surface area contributed by atoms with Gasteiger partial charge in [-0.3, -0.25) is 51.4 Å². The van der Waals surface area contributed by atoms with Crippen LogP contribution in [-0.4, -0.2) is 170 Å². The number of methoxy groups -OCH3 is 1. The monoisotopic (exact) mass is 1160 g/mol. The summed E-state index contributed by atoms with van der Waals surface area (Å²) in [5.74, 6) is -3.15. The van der Waals surface area contributed by atoms with Crippen LogP contribution < -0.4 is 32.9 Å². The number of phosphoric ester groups is 2. The van der Waals surface area contributed by atoms with Gasteiger partial charge < -0.3 is 75.6 Å². The molecule has 9 rings (SSSR count). The van der Waals surface area contributed by atoms with E-state index in [-0.39, 0.29) is 57.6 Å². The molecular formula is C35H50N15O22P4+. The van der Waals surface area contributed by atoms with E-state index in [1.165, 1.54) is 33.4 Å². The van der Waals surface area contributed by atoms with Crippen molar-refractivity contribution in [2.24, 2.45) is 13.0 Å². The molecule has 16 atom stereocenters. The molecule has 41 heteroatoms. The van der Waals surface area contributed by atoms with Crippen molar-refractivity contribution in [2.45, 2.75) is 80.9 Å². The van der Waals surface area contributed by atoms with Gasteiger partial charge >= 0.3 is 36.4 Å². The van der Waals surface area contributed by atoms with Gasteiger partial charge in [0.15, 0.2) is 41.0 Å². The number of anilines is 3. The lowest BCUT2D eigenvalue weighted by molar-refractivity contribution is -0.646. The van der Waals surface area contributed by atoms with Gasteiger partial charge in [0.25, 0.3) is 16.7 Å². The smallest absolute Gasteiger partial charge is 0.387 e. The van der Waals surface area contributed by atoms with Gasteiger partial charge in [-0.25, -0.2) is 37.9 Å². The first kappa shape index (κ1) is 55.7. The second-order valence-corrected chi connectivity index (χ2v) is 24.6. The van der Waals surface area contributed by atoms with Gasteiger partial charge in [-0.05, 0) is 6.42 Å². The standard InChI is InChI=1S/C35H49N15O22P4/c1-4-13-14(68-31(20(13)51)50-11-47(2)19-28(50)44-35(38)46-30(19)55)5-65-73(56,57)12-74(58,59)72-76(62,63)67-7-16-23(24(64-3)33(70-16)48-9-41-17-25(36)39-8-40-26(17)48)71-75(60,61)66-6-15-21(52)22(53)32(69-15)49-10-42-18-27(49)43-34(37)45-29(18)54/h8-11,13-16,20-24,31-33,51-53H,4-7,12H2,1-3H3,(H11-,36,37,38,39,40,43,44,45,46,54,55,56,57,58,59,60,61,62,63)/p+1/t13-,14-,15-,16-,20-,21-,22-,23-,24-,31-,32-,33-/m1/s1. The van der Waals surface area contributed by atoms with Crippen LogP contribution in [-0.2, 0) is 66.7 Å². The lowest BCUT2D eigenvalue weighted by Crippen LogP contribution is -2.38.